The maximum Gasteiger partial charge on any atom is 0.225 e. The molecule has 24 heavy (non-hydrogen) atoms. The van der Waals surface area contributed by atoms with Crippen LogP contribution in [0.25, 0.3) is 0 Å². The van der Waals surface area contributed by atoms with E-state index in [0.717, 1.165) is 5.56 Å². The number of halogens is 1. The molecule has 1 aromatic carbocycles. The Kier molecular flexibility index (Phi) is 4.83. The molecule has 2 amide bonds. The van der Waals surface area contributed by atoms with Crippen molar-refractivity contribution in [1.82, 2.24) is 10.2 Å². The van der Waals surface area contributed by atoms with Gasteiger partial charge >= 0.3 is 0 Å². The minimum Gasteiger partial charge on any atom is -0.352 e. The number of sulfone groups is 1. The number of hydrogen-bond donors (Lipinski definition) is 1. The smallest absolute Gasteiger partial charge is 0.225 e. The third kappa shape index (κ3) is 3.72. The fourth-order valence-electron chi connectivity index (χ4n) is 3.25. The predicted octanol–water partition coefficient (Wildman–Crippen LogP) is 0.992. The van der Waals surface area contributed by atoms with E-state index in [4.69, 9.17) is 11.6 Å². The Morgan fingerprint density at radius 3 is 2.75 bits per heavy atom. The van der Waals surface area contributed by atoms with Crippen molar-refractivity contribution < 1.29 is 18.0 Å². The highest BCUT2D eigenvalue weighted by Gasteiger charge is 2.41. The molecule has 6 nitrogen and oxygen atoms in total. The van der Waals surface area contributed by atoms with Gasteiger partial charge in [-0.15, -0.1) is 0 Å². The molecular formula is C16H19ClN2O4S. The maximum atomic E-state index is 12.3. The highest BCUT2D eigenvalue weighted by atomic mass is 35.5. The average Bonchev–Trinajstić information content (AvgIpc) is 3.08. The van der Waals surface area contributed by atoms with Crippen molar-refractivity contribution in [3.05, 3.63) is 34.9 Å². The number of nitrogens with zero attached hydrogens (tertiary/aromatic N) is 1. The normalized spacial score (nSPS) is 25.9. The molecule has 2 aliphatic rings. The Balaban J connectivity index is 1.57. The van der Waals surface area contributed by atoms with E-state index in [-0.39, 0.29) is 42.3 Å². The fourth-order valence-corrected chi connectivity index (χ4v) is 5.18. The van der Waals surface area contributed by atoms with E-state index in [0.29, 0.717) is 18.0 Å². The molecule has 0 aliphatic carbocycles. The lowest BCUT2D eigenvalue weighted by Crippen LogP contribution is -2.39. The van der Waals surface area contributed by atoms with Crippen LogP contribution in [0.3, 0.4) is 0 Å². The Hall–Kier alpha value is -1.60. The molecule has 2 aliphatic heterocycles. The Morgan fingerprint density at radius 1 is 1.33 bits per heavy atom. The van der Waals surface area contributed by atoms with Crippen molar-refractivity contribution in [2.24, 2.45) is 5.92 Å². The lowest BCUT2D eigenvalue weighted by atomic mass is 10.1. The van der Waals surface area contributed by atoms with Crippen molar-refractivity contribution in [3.63, 3.8) is 0 Å². The van der Waals surface area contributed by atoms with Gasteiger partial charge in [0.1, 0.15) is 0 Å². The first kappa shape index (κ1) is 17.2. The van der Waals surface area contributed by atoms with E-state index in [1.807, 2.05) is 18.2 Å². The zero-order valence-electron chi connectivity index (χ0n) is 13.1. The average molecular weight is 371 g/mol. The van der Waals surface area contributed by atoms with Gasteiger partial charge in [-0.25, -0.2) is 8.42 Å². The third-order valence-corrected chi connectivity index (χ3v) is 6.71. The van der Waals surface area contributed by atoms with Crippen molar-refractivity contribution in [2.75, 3.05) is 18.1 Å². The van der Waals surface area contributed by atoms with Gasteiger partial charge in [0.2, 0.25) is 11.8 Å². The van der Waals surface area contributed by atoms with Crippen LogP contribution in [0, 0.1) is 5.92 Å². The van der Waals surface area contributed by atoms with Gasteiger partial charge in [-0.05, 0) is 18.1 Å². The number of likely N-dealkylation sites (tertiary alicyclic amines) is 1. The number of benzene rings is 1. The van der Waals surface area contributed by atoms with Gasteiger partial charge in [0.15, 0.2) is 9.84 Å². The molecule has 1 N–H and O–H groups in total. The van der Waals surface area contributed by atoms with E-state index in [1.54, 1.807) is 11.0 Å². The number of rotatable bonds is 4. The van der Waals surface area contributed by atoms with Crippen LogP contribution in [0.4, 0.5) is 0 Å². The van der Waals surface area contributed by atoms with E-state index < -0.39 is 15.8 Å². The van der Waals surface area contributed by atoms with E-state index in [1.165, 1.54) is 0 Å². The molecule has 8 heteroatoms. The van der Waals surface area contributed by atoms with Gasteiger partial charge < -0.3 is 10.2 Å². The highest BCUT2D eigenvalue weighted by Crippen LogP contribution is 2.26. The van der Waals surface area contributed by atoms with Crippen molar-refractivity contribution in [3.8, 4) is 0 Å². The molecule has 130 valence electrons. The Bertz CT molecular complexity index is 765. The molecular weight excluding hydrogens is 352 g/mol. The first-order valence-electron chi connectivity index (χ1n) is 7.87. The molecule has 0 aromatic heterocycles. The van der Waals surface area contributed by atoms with Gasteiger partial charge in [-0.3, -0.25) is 9.59 Å². The van der Waals surface area contributed by atoms with Gasteiger partial charge in [0.25, 0.3) is 0 Å². The second-order valence-electron chi connectivity index (χ2n) is 6.31. The molecule has 1 aromatic rings. The minimum atomic E-state index is -3.05. The molecule has 2 unspecified atom stereocenters. The summed E-state index contributed by atoms with van der Waals surface area (Å²) in [6, 6.07) is 6.96. The van der Waals surface area contributed by atoms with Crippen LogP contribution < -0.4 is 5.32 Å². The lowest BCUT2D eigenvalue weighted by molar-refractivity contribution is -0.130. The quantitative estimate of drug-likeness (QED) is 0.856. The summed E-state index contributed by atoms with van der Waals surface area (Å²) in [6.07, 6.45) is 0.590. The molecule has 0 radical (unpaired) electrons. The van der Waals surface area contributed by atoms with E-state index >= 15 is 0 Å². The third-order valence-electron chi connectivity index (χ3n) is 4.59. The number of hydrogen-bond acceptors (Lipinski definition) is 4. The topological polar surface area (TPSA) is 83.6 Å². The van der Waals surface area contributed by atoms with Gasteiger partial charge in [-0.1, -0.05) is 29.8 Å². The van der Waals surface area contributed by atoms with Gasteiger partial charge in [0.05, 0.1) is 17.4 Å². The summed E-state index contributed by atoms with van der Waals surface area (Å²) >= 11 is 6.06. The zero-order chi connectivity index (χ0) is 17.3. The molecule has 0 bridgehead atoms. The predicted molar refractivity (Wildman–Crippen MR) is 90.2 cm³/mol. The first-order chi connectivity index (χ1) is 11.4. The molecule has 2 heterocycles. The molecule has 3 rings (SSSR count). The molecule has 2 saturated heterocycles. The largest absolute Gasteiger partial charge is 0.352 e. The van der Waals surface area contributed by atoms with Crippen LogP contribution in [0.1, 0.15) is 18.4 Å². The van der Waals surface area contributed by atoms with Crippen LogP contribution in [0.5, 0.6) is 0 Å². The molecule has 2 atom stereocenters. The SMILES string of the molecule is O=C(NCc1ccccc1Cl)C1CC(=O)N(C2CCS(=O)(=O)C2)C1. The summed E-state index contributed by atoms with van der Waals surface area (Å²) in [6.45, 7) is 0.592. The molecule has 2 fully saturated rings. The van der Waals surface area contributed by atoms with Crippen molar-refractivity contribution >= 4 is 33.3 Å². The lowest BCUT2D eigenvalue weighted by Gasteiger charge is -2.22. The number of amides is 2. The number of carbonyl (C=O) groups is 2. The second-order valence-corrected chi connectivity index (χ2v) is 8.95. The Labute approximate surface area is 146 Å². The summed E-state index contributed by atoms with van der Waals surface area (Å²) in [7, 11) is -3.05. The summed E-state index contributed by atoms with van der Waals surface area (Å²) in [5.41, 5.74) is 0.815. The van der Waals surface area contributed by atoms with Crippen LogP contribution in [-0.4, -0.2) is 49.2 Å². The monoisotopic (exact) mass is 370 g/mol. The first-order valence-corrected chi connectivity index (χ1v) is 10.1. The molecule has 0 saturated carbocycles. The van der Waals surface area contributed by atoms with Crippen molar-refractivity contribution in [1.29, 1.82) is 0 Å². The zero-order valence-corrected chi connectivity index (χ0v) is 14.6. The van der Waals surface area contributed by atoms with Crippen LogP contribution in [0.2, 0.25) is 5.02 Å². The summed E-state index contributed by atoms with van der Waals surface area (Å²) in [4.78, 5) is 26.0. The highest BCUT2D eigenvalue weighted by molar-refractivity contribution is 7.91. The van der Waals surface area contributed by atoms with Crippen LogP contribution >= 0.6 is 11.6 Å². The fraction of sp³-hybridized carbons (Fsp3) is 0.500. The minimum absolute atomic E-state index is 0.00665. The van der Waals surface area contributed by atoms with E-state index in [9.17, 15) is 18.0 Å². The number of carbonyl (C=O) groups excluding carboxylic acids is 2. The summed E-state index contributed by atoms with van der Waals surface area (Å²) < 4.78 is 23.2. The van der Waals surface area contributed by atoms with Gasteiger partial charge in [0, 0.05) is 30.6 Å². The van der Waals surface area contributed by atoms with Crippen LogP contribution in [0.15, 0.2) is 24.3 Å². The number of nitrogens with one attached hydrogen (secondary N) is 1. The van der Waals surface area contributed by atoms with Crippen LogP contribution in [-0.2, 0) is 26.0 Å². The molecule has 0 spiro atoms. The maximum absolute atomic E-state index is 12.3. The Morgan fingerprint density at radius 2 is 2.08 bits per heavy atom. The summed E-state index contributed by atoms with van der Waals surface area (Å²) in [5, 5.41) is 3.39. The van der Waals surface area contributed by atoms with Gasteiger partial charge in [-0.2, -0.15) is 0 Å². The van der Waals surface area contributed by atoms with E-state index in [2.05, 4.69) is 5.32 Å². The standard InChI is InChI=1S/C16H19ClN2O4S/c17-14-4-2-1-3-11(14)8-18-16(21)12-7-15(20)19(9-12)13-5-6-24(22,23)10-13/h1-4,12-13H,5-10H2,(H,18,21). The second kappa shape index (κ2) is 6.72. The summed E-state index contributed by atoms with van der Waals surface area (Å²) in [5.74, 6) is -0.665. The van der Waals surface area contributed by atoms with Crippen molar-refractivity contribution in [2.45, 2.75) is 25.4 Å².